The molecule has 0 atom stereocenters. The molecule has 2 N–H and O–H groups in total. The molecular weight excluding hydrogens is 420 g/mol. The molecule has 3 rings (SSSR count). The molecule has 2 aromatic heterocycles. The van der Waals surface area contributed by atoms with Crippen LogP contribution in [-0.4, -0.2) is 34.6 Å². The SMILES string of the molecule is CS(=O)(=O)Nc1c(Nc2nc(Cl)ncc2Br)ccc2nccnc12. The summed E-state index contributed by atoms with van der Waals surface area (Å²) in [6.45, 7) is 0. The first-order chi connectivity index (χ1) is 11.3. The highest BCUT2D eigenvalue weighted by molar-refractivity contribution is 9.10. The van der Waals surface area contributed by atoms with E-state index in [1.54, 1.807) is 12.1 Å². The minimum atomic E-state index is -3.53. The summed E-state index contributed by atoms with van der Waals surface area (Å²) in [4.78, 5) is 16.3. The molecule has 8 nitrogen and oxygen atoms in total. The minimum Gasteiger partial charge on any atom is -0.337 e. The van der Waals surface area contributed by atoms with E-state index in [1.807, 2.05) is 0 Å². The fourth-order valence-corrected chi connectivity index (χ4v) is 2.99. The number of rotatable bonds is 4. The van der Waals surface area contributed by atoms with Gasteiger partial charge in [-0.2, -0.15) is 4.98 Å². The van der Waals surface area contributed by atoms with Crippen LogP contribution in [0.4, 0.5) is 17.2 Å². The molecule has 0 saturated carbocycles. The summed E-state index contributed by atoms with van der Waals surface area (Å²) in [6.07, 6.45) is 5.56. The molecule has 1 aromatic carbocycles. The van der Waals surface area contributed by atoms with Crippen LogP contribution in [0.15, 0.2) is 35.2 Å². The van der Waals surface area contributed by atoms with Crippen molar-refractivity contribution in [2.24, 2.45) is 0 Å². The van der Waals surface area contributed by atoms with Crippen LogP contribution in [0.5, 0.6) is 0 Å². The van der Waals surface area contributed by atoms with Crippen molar-refractivity contribution < 1.29 is 8.42 Å². The van der Waals surface area contributed by atoms with E-state index >= 15 is 0 Å². The third-order valence-electron chi connectivity index (χ3n) is 2.90. The first kappa shape index (κ1) is 16.8. The Balaban J connectivity index is 2.16. The van der Waals surface area contributed by atoms with Crippen LogP contribution in [0.25, 0.3) is 11.0 Å². The molecule has 0 radical (unpaired) electrons. The van der Waals surface area contributed by atoms with Crippen molar-refractivity contribution in [3.63, 3.8) is 0 Å². The maximum atomic E-state index is 11.7. The fraction of sp³-hybridized carbons (Fsp3) is 0.0769. The Labute approximate surface area is 150 Å². The van der Waals surface area contributed by atoms with Gasteiger partial charge in [-0.15, -0.1) is 0 Å². The van der Waals surface area contributed by atoms with E-state index in [-0.39, 0.29) is 11.0 Å². The van der Waals surface area contributed by atoms with Gasteiger partial charge >= 0.3 is 0 Å². The van der Waals surface area contributed by atoms with Crippen molar-refractivity contribution in [1.82, 2.24) is 19.9 Å². The average molecular weight is 430 g/mol. The van der Waals surface area contributed by atoms with Gasteiger partial charge in [-0.3, -0.25) is 14.7 Å². The first-order valence-electron chi connectivity index (χ1n) is 6.50. The van der Waals surface area contributed by atoms with E-state index < -0.39 is 10.0 Å². The first-order valence-corrected chi connectivity index (χ1v) is 9.56. The Bertz CT molecular complexity index is 1030. The maximum Gasteiger partial charge on any atom is 0.229 e. The average Bonchev–Trinajstić information content (AvgIpc) is 2.52. The smallest absolute Gasteiger partial charge is 0.229 e. The highest BCUT2D eigenvalue weighted by Gasteiger charge is 2.15. The summed E-state index contributed by atoms with van der Waals surface area (Å²) >= 11 is 9.12. The number of halogens is 2. The lowest BCUT2D eigenvalue weighted by atomic mass is 10.2. The molecule has 0 unspecified atom stereocenters. The Hall–Kier alpha value is -2.04. The zero-order valence-corrected chi connectivity index (χ0v) is 15.3. The molecule has 0 spiro atoms. The van der Waals surface area contributed by atoms with Crippen LogP contribution in [-0.2, 0) is 10.0 Å². The zero-order chi connectivity index (χ0) is 17.3. The van der Waals surface area contributed by atoms with E-state index in [1.165, 1.54) is 18.6 Å². The number of fused-ring (bicyclic) bond motifs is 1. The van der Waals surface area contributed by atoms with E-state index in [4.69, 9.17) is 11.6 Å². The number of hydrogen-bond acceptors (Lipinski definition) is 7. The largest absolute Gasteiger partial charge is 0.337 e. The van der Waals surface area contributed by atoms with Crippen LogP contribution in [0, 0.1) is 0 Å². The second-order valence-corrected chi connectivity index (χ2v) is 7.69. The van der Waals surface area contributed by atoms with Crippen molar-refractivity contribution >= 4 is 65.8 Å². The molecule has 0 saturated heterocycles. The molecule has 0 aliphatic carbocycles. The van der Waals surface area contributed by atoms with Crippen molar-refractivity contribution in [2.75, 3.05) is 16.3 Å². The maximum absolute atomic E-state index is 11.7. The van der Waals surface area contributed by atoms with Crippen LogP contribution < -0.4 is 10.0 Å². The lowest BCUT2D eigenvalue weighted by Gasteiger charge is -2.15. The quantitative estimate of drug-likeness (QED) is 0.613. The number of sulfonamides is 1. The van der Waals surface area contributed by atoms with Gasteiger partial charge in [-0.05, 0) is 39.7 Å². The van der Waals surface area contributed by atoms with Gasteiger partial charge in [-0.1, -0.05) is 0 Å². The lowest BCUT2D eigenvalue weighted by Crippen LogP contribution is -2.12. The molecule has 0 fully saturated rings. The fourth-order valence-electron chi connectivity index (χ4n) is 1.99. The number of anilines is 3. The summed E-state index contributed by atoms with van der Waals surface area (Å²) in [5.74, 6) is 0.384. The molecule has 0 aliphatic heterocycles. The molecule has 3 aromatic rings. The summed E-state index contributed by atoms with van der Waals surface area (Å²) in [5, 5.41) is 3.07. The zero-order valence-electron chi connectivity index (χ0n) is 12.2. The Morgan fingerprint density at radius 1 is 1.17 bits per heavy atom. The molecule has 24 heavy (non-hydrogen) atoms. The van der Waals surface area contributed by atoms with Crippen molar-refractivity contribution in [1.29, 1.82) is 0 Å². The molecule has 0 aliphatic rings. The van der Waals surface area contributed by atoms with Crippen molar-refractivity contribution in [3.05, 3.63) is 40.5 Å². The predicted octanol–water partition coefficient (Wildman–Crippen LogP) is 2.95. The van der Waals surface area contributed by atoms with Crippen molar-refractivity contribution in [2.45, 2.75) is 0 Å². The van der Waals surface area contributed by atoms with Gasteiger partial charge in [0.25, 0.3) is 0 Å². The third-order valence-corrected chi connectivity index (χ3v) is 4.23. The summed E-state index contributed by atoms with van der Waals surface area (Å²) in [6, 6.07) is 3.39. The van der Waals surface area contributed by atoms with Gasteiger partial charge in [-0.25, -0.2) is 13.4 Å². The molecule has 0 bridgehead atoms. The van der Waals surface area contributed by atoms with Crippen molar-refractivity contribution in [3.8, 4) is 0 Å². The van der Waals surface area contributed by atoms with E-state index in [9.17, 15) is 8.42 Å². The van der Waals surface area contributed by atoms with Gasteiger partial charge < -0.3 is 5.32 Å². The highest BCUT2D eigenvalue weighted by atomic mass is 79.9. The van der Waals surface area contributed by atoms with Crippen LogP contribution in [0.1, 0.15) is 0 Å². The lowest BCUT2D eigenvalue weighted by molar-refractivity contribution is 0.607. The second kappa shape index (κ2) is 6.46. The normalized spacial score (nSPS) is 11.5. The van der Waals surface area contributed by atoms with Gasteiger partial charge in [0.05, 0.1) is 27.6 Å². The minimum absolute atomic E-state index is 0.0545. The van der Waals surface area contributed by atoms with Gasteiger partial charge in [0.2, 0.25) is 15.3 Å². The number of nitrogens with zero attached hydrogens (tertiary/aromatic N) is 4. The number of aromatic nitrogens is 4. The standard InChI is InChI=1S/C13H10BrClN6O2S/c1-24(22,23)21-11-9(3-2-8-10(11)17-5-4-16-8)19-12-7(14)6-18-13(15)20-12/h2-6,21H,1H3,(H,18,19,20). The van der Waals surface area contributed by atoms with Gasteiger partial charge in [0.15, 0.2) is 0 Å². The van der Waals surface area contributed by atoms with Crippen LogP contribution in [0.2, 0.25) is 5.28 Å². The Morgan fingerprint density at radius 2 is 1.92 bits per heavy atom. The van der Waals surface area contributed by atoms with E-state index in [0.717, 1.165) is 6.26 Å². The molecular formula is C13H10BrClN6O2S. The molecule has 124 valence electrons. The predicted molar refractivity (Wildman–Crippen MR) is 96.0 cm³/mol. The Kier molecular flexibility index (Phi) is 4.52. The van der Waals surface area contributed by atoms with Crippen LogP contribution >= 0.6 is 27.5 Å². The summed E-state index contributed by atoms with van der Waals surface area (Å²) in [5.41, 5.74) is 1.67. The van der Waals surface area contributed by atoms with Gasteiger partial charge in [0.1, 0.15) is 11.3 Å². The monoisotopic (exact) mass is 428 g/mol. The van der Waals surface area contributed by atoms with E-state index in [2.05, 4.69) is 45.9 Å². The van der Waals surface area contributed by atoms with E-state index in [0.29, 0.717) is 27.0 Å². The topological polar surface area (TPSA) is 110 Å². The Morgan fingerprint density at radius 3 is 2.67 bits per heavy atom. The number of nitrogens with one attached hydrogen (secondary N) is 2. The number of benzene rings is 1. The van der Waals surface area contributed by atoms with Gasteiger partial charge in [0, 0.05) is 18.6 Å². The summed E-state index contributed by atoms with van der Waals surface area (Å²) in [7, 11) is -3.53. The third kappa shape index (κ3) is 3.71. The summed E-state index contributed by atoms with van der Waals surface area (Å²) < 4.78 is 26.5. The van der Waals surface area contributed by atoms with Crippen LogP contribution in [0.3, 0.4) is 0 Å². The highest BCUT2D eigenvalue weighted by Crippen LogP contribution is 2.33. The second-order valence-electron chi connectivity index (χ2n) is 4.75. The molecule has 0 amide bonds. The molecule has 2 heterocycles. The number of hydrogen-bond donors (Lipinski definition) is 2. The molecule has 11 heteroatoms.